The third-order valence-electron chi connectivity index (χ3n) is 3.78. The van der Waals surface area contributed by atoms with Gasteiger partial charge in [0, 0.05) is 24.9 Å². The molecule has 0 fully saturated rings. The smallest absolute Gasteiger partial charge is 0.254 e. The molecule has 0 atom stereocenters. The van der Waals surface area contributed by atoms with Crippen LogP contribution < -0.4 is 4.74 Å². The molecule has 0 aromatic heterocycles. The number of nitrogens with zero attached hydrogens (tertiary/aromatic N) is 1. The van der Waals surface area contributed by atoms with E-state index in [1.165, 1.54) is 18.2 Å². The Balaban J connectivity index is 2.27. The minimum Gasteiger partial charge on any atom is -0.497 e. The van der Waals surface area contributed by atoms with Crippen LogP contribution in [-0.4, -0.2) is 39.1 Å². The highest BCUT2D eigenvalue weighted by molar-refractivity contribution is 7.90. The van der Waals surface area contributed by atoms with Crippen LogP contribution in [0, 0.1) is 0 Å². The molecule has 7 heteroatoms. The molecule has 0 bridgehead atoms. The van der Waals surface area contributed by atoms with Gasteiger partial charge < -0.3 is 9.64 Å². The van der Waals surface area contributed by atoms with Crippen LogP contribution in [-0.2, 0) is 16.4 Å². The molecule has 0 heterocycles. The normalized spacial score (nSPS) is 11.2. The number of rotatable bonds is 6. The van der Waals surface area contributed by atoms with Crippen LogP contribution in [0.15, 0.2) is 47.4 Å². The average Bonchev–Trinajstić information content (AvgIpc) is 2.59. The summed E-state index contributed by atoms with van der Waals surface area (Å²) in [7, 11) is -1.91. The lowest BCUT2D eigenvalue weighted by Crippen LogP contribution is -2.30. The number of hydrogen-bond acceptors (Lipinski definition) is 4. The fourth-order valence-corrected chi connectivity index (χ4v) is 3.68. The molecule has 0 aliphatic heterocycles. The number of methoxy groups -OCH3 is 1. The second-order valence-corrected chi connectivity index (χ2v) is 7.98. The van der Waals surface area contributed by atoms with Crippen molar-refractivity contribution in [2.24, 2.45) is 0 Å². The summed E-state index contributed by atoms with van der Waals surface area (Å²) < 4.78 is 28.7. The molecular formula is C18H20ClNO4S. The maximum Gasteiger partial charge on any atom is 0.254 e. The van der Waals surface area contributed by atoms with Crippen molar-refractivity contribution < 1.29 is 17.9 Å². The Hall–Kier alpha value is -2.05. The Kier molecular flexibility index (Phi) is 6.08. The van der Waals surface area contributed by atoms with Crippen molar-refractivity contribution in [2.75, 3.05) is 19.9 Å². The van der Waals surface area contributed by atoms with Gasteiger partial charge in [0.15, 0.2) is 9.84 Å². The zero-order valence-corrected chi connectivity index (χ0v) is 15.9. The third kappa shape index (κ3) is 4.74. The number of sulfone groups is 1. The lowest BCUT2D eigenvalue weighted by molar-refractivity contribution is 0.0752. The first-order chi connectivity index (χ1) is 11.8. The largest absolute Gasteiger partial charge is 0.497 e. The molecule has 0 unspecified atom stereocenters. The monoisotopic (exact) mass is 381 g/mol. The summed E-state index contributed by atoms with van der Waals surface area (Å²) in [6, 6.07) is 11.7. The molecule has 1 amide bonds. The van der Waals surface area contributed by atoms with Crippen molar-refractivity contribution >= 4 is 27.3 Å². The van der Waals surface area contributed by atoms with Crippen molar-refractivity contribution in [1.29, 1.82) is 0 Å². The summed E-state index contributed by atoms with van der Waals surface area (Å²) in [5, 5.41) is 0.109. The first-order valence-electron chi connectivity index (χ1n) is 7.68. The molecule has 0 saturated carbocycles. The Morgan fingerprint density at radius 2 is 1.80 bits per heavy atom. The van der Waals surface area contributed by atoms with E-state index in [0.717, 1.165) is 17.6 Å². The van der Waals surface area contributed by atoms with Gasteiger partial charge in [-0.05, 0) is 42.8 Å². The second kappa shape index (κ2) is 7.89. The van der Waals surface area contributed by atoms with E-state index in [9.17, 15) is 13.2 Å². The van der Waals surface area contributed by atoms with Crippen LogP contribution in [0.25, 0.3) is 0 Å². The molecule has 5 nitrogen and oxygen atoms in total. The standard InChI is InChI=1S/C18H20ClNO4S/c1-4-20(12-13-5-8-15(24-2)9-6-13)18(21)14-7-10-16(19)17(11-14)25(3,22)23/h5-11H,4,12H2,1-3H3. The molecule has 0 spiro atoms. The van der Waals surface area contributed by atoms with E-state index in [1.54, 1.807) is 12.0 Å². The molecular weight excluding hydrogens is 362 g/mol. The minimum atomic E-state index is -3.51. The topological polar surface area (TPSA) is 63.7 Å². The van der Waals surface area contributed by atoms with Gasteiger partial charge in [-0.25, -0.2) is 8.42 Å². The van der Waals surface area contributed by atoms with Gasteiger partial charge in [0.25, 0.3) is 5.91 Å². The summed E-state index contributed by atoms with van der Waals surface area (Å²) in [6.07, 6.45) is 1.07. The maximum absolute atomic E-state index is 12.8. The molecule has 0 aliphatic rings. The van der Waals surface area contributed by atoms with E-state index in [1.807, 2.05) is 31.2 Å². The van der Waals surface area contributed by atoms with Crippen molar-refractivity contribution in [3.63, 3.8) is 0 Å². The molecule has 0 saturated heterocycles. The number of halogens is 1. The quantitative estimate of drug-likeness (QED) is 0.769. The highest BCUT2D eigenvalue weighted by Gasteiger charge is 2.19. The van der Waals surface area contributed by atoms with Gasteiger partial charge in [0.2, 0.25) is 0 Å². The van der Waals surface area contributed by atoms with Crippen molar-refractivity contribution in [1.82, 2.24) is 4.90 Å². The minimum absolute atomic E-state index is 0.0412. The van der Waals surface area contributed by atoms with Crippen LogP contribution in [0.5, 0.6) is 5.75 Å². The summed E-state index contributed by atoms with van der Waals surface area (Å²) in [5.41, 5.74) is 1.24. The molecule has 2 aromatic carbocycles. The number of ether oxygens (including phenoxy) is 1. The van der Waals surface area contributed by atoms with Crippen LogP contribution in [0.4, 0.5) is 0 Å². The first kappa shape index (κ1) is 19.3. The summed E-state index contributed by atoms with van der Waals surface area (Å²) in [4.78, 5) is 14.4. The number of benzene rings is 2. The fourth-order valence-electron chi connectivity index (χ4n) is 2.38. The van der Waals surface area contributed by atoms with Gasteiger partial charge in [-0.1, -0.05) is 23.7 Å². The van der Waals surface area contributed by atoms with E-state index in [2.05, 4.69) is 0 Å². The predicted octanol–water partition coefficient (Wildman–Crippen LogP) is 3.41. The summed E-state index contributed by atoms with van der Waals surface area (Å²) in [6.45, 7) is 2.77. The summed E-state index contributed by atoms with van der Waals surface area (Å²) >= 11 is 5.94. The fraction of sp³-hybridized carbons (Fsp3) is 0.278. The zero-order chi connectivity index (χ0) is 18.6. The van der Waals surface area contributed by atoms with Gasteiger partial charge >= 0.3 is 0 Å². The number of hydrogen-bond donors (Lipinski definition) is 0. The SMILES string of the molecule is CCN(Cc1ccc(OC)cc1)C(=O)c1ccc(Cl)c(S(C)(=O)=O)c1. The van der Waals surface area contributed by atoms with Crippen LogP contribution in [0.3, 0.4) is 0 Å². The van der Waals surface area contributed by atoms with Gasteiger partial charge in [0.05, 0.1) is 17.0 Å². The molecule has 2 aromatic rings. The highest BCUT2D eigenvalue weighted by atomic mass is 35.5. The molecule has 0 N–H and O–H groups in total. The lowest BCUT2D eigenvalue weighted by Gasteiger charge is -2.21. The average molecular weight is 382 g/mol. The van der Waals surface area contributed by atoms with E-state index in [0.29, 0.717) is 18.7 Å². The summed E-state index contributed by atoms with van der Waals surface area (Å²) in [5.74, 6) is 0.494. The van der Waals surface area contributed by atoms with E-state index in [-0.39, 0.29) is 15.8 Å². The first-order valence-corrected chi connectivity index (χ1v) is 9.95. The predicted molar refractivity (Wildman–Crippen MR) is 98.0 cm³/mol. The van der Waals surface area contributed by atoms with Gasteiger partial charge in [-0.3, -0.25) is 4.79 Å². The van der Waals surface area contributed by atoms with Gasteiger partial charge in [0.1, 0.15) is 5.75 Å². The Bertz CT molecular complexity index is 863. The second-order valence-electron chi connectivity index (χ2n) is 5.58. The molecule has 0 radical (unpaired) electrons. The van der Waals surface area contributed by atoms with E-state index >= 15 is 0 Å². The molecule has 2 rings (SSSR count). The number of carbonyl (C=O) groups is 1. The Morgan fingerprint density at radius 3 is 2.32 bits per heavy atom. The number of amides is 1. The van der Waals surface area contributed by atoms with E-state index in [4.69, 9.17) is 16.3 Å². The van der Waals surface area contributed by atoms with Crippen molar-refractivity contribution in [3.05, 3.63) is 58.6 Å². The van der Waals surface area contributed by atoms with Crippen LogP contribution in [0.2, 0.25) is 5.02 Å². The molecule has 134 valence electrons. The Labute approximate surface area is 153 Å². The van der Waals surface area contributed by atoms with Gasteiger partial charge in [-0.15, -0.1) is 0 Å². The van der Waals surface area contributed by atoms with E-state index < -0.39 is 9.84 Å². The molecule has 25 heavy (non-hydrogen) atoms. The Morgan fingerprint density at radius 1 is 1.16 bits per heavy atom. The zero-order valence-electron chi connectivity index (χ0n) is 14.3. The molecule has 0 aliphatic carbocycles. The van der Waals surface area contributed by atoms with Crippen LogP contribution in [0.1, 0.15) is 22.8 Å². The van der Waals surface area contributed by atoms with Crippen molar-refractivity contribution in [2.45, 2.75) is 18.4 Å². The third-order valence-corrected chi connectivity index (χ3v) is 5.36. The highest BCUT2D eigenvalue weighted by Crippen LogP contribution is 2.24. The maximum atomic E-state index is 12.8. The number of carbonyl (C=O) groups excluding carboxylic acids is 1. The lowest BCUT2D eigenvalue weighted by atomic mass is 10.1. The van der Waals surface area contributed by atoms with Gasteiger partial charge in [-0.2, -0.15) is 0 Å². The van der Waals surface area contributed by atoms with Crippen molar-refractivity contribution in [3.8, 4) is 5.75 Å². The van der Waals surface area contributed by atoms with Crippen LogP contribution >= 0.6 is 11.6 Å².